The van der Waals surface area contributed by atoms with Gasteiger partial charge in [0, 0.05) is 0 Å². The fourth-order valence-corrected chi connectivity index (χ4v) is 2.35. The molecule has 21 heavy (non-hydrogen) atoms. The Bertz CT molecular complexity index is 465. The zero-order valence-electron chi connectivity index (χ0n) is 12.5. The first-order valence-corrected chi connectivity index (χ1v) is 7.55. The summed E-state index contributed by atoms with van der Waals surface area (Å²) < 4.78 is 5.37. The molecular formula is C16H23N3O2. The molecule has 5 heteroatoms. The van der Waals surface area contributed by atoms with Crippen molar-refractivity contribution in [3.8, 4) is 5.75 Å². The summed E-state index contributed by atoms with van der Waals surface area (Å²) >= 11 is 0. The molecule has 0 radical (unpaired) electrons. The van der Waals surface area contributed by atoms with E-state index in [1.165, 1.54) is 19.3 Å². The molecule has 0 aliphatic carbocycles. The molecule has 1 aromatic carbocycles. The van der Waals surface area contributed by atoms with Gasteiger partial charge in [-0.25, -0.2) is 5.43 Å². The zero-order valence-corrected chi connectivity index (χ0v) is 12.5. The van der Waals surface area contributed by atoms with Gasteiger partial charge in [-0.15, -0.1) is 0 Å². The molecule has 1 aliphatic rings. The van der Waals surface area contributed by atoms with Gasteiger partial charge in [-0.1, -0.05) is 6.42 Å². The van der Waals surface area contributed by atoms with Crippen molar-refractivity contribution in [1.29, 1.82) is 0 Å². The quantitative estimate of drug-likeness (QED) is 0.644. The monoisotopic (exact) mass is 289 g/mol. The molecule has 1 fully saturated rings. The molecule has 1 saturated heterocycles. The van der Waals surface area contributed by atoms with Crippen LogP contribution in [0.15, 0.2) is 29.4 Å². The van der Waals surface area contributed by atoms with Crippen LogP contribution in [-0.2, 0) is 4.79 Å². The lowest BCUT2D eigenvalue weighted by Crippen LogP contribution is -2.38. The number of rotatable bonds is 6. The Labute approximate surface area is 126 Å². The Morgan fingerprint density at radius 3 is 2.67 bits per heavy atom. The number of carbonyl (C=O) groups excluding carboxylic acids is 1. The van der Waals surface area contributed by atoms with Gasteiger partial charge < -0.3 is 4.74 Å². The first kappa shape index (κ1) is 15.5. The number of nitrogens with zero attached hydrogens (tertiary/aromatic N) is 2. The maximum absolute atomic E-state index is 11.8. The van der Waals surface area contributed by atoms with Gasteiger partial charge in [0.2, 0.25) is 0 Å². The molecule has 1 aromatic rings. The first-order chi connectivity index (χ1) is 10.3. The van der Waals surface area contributed by atoms with Gasteiger partial charge in [0.05, 0.1) is 19.4 Å². The minimum atomic E-state index is -0.0564. The van der Waals surface area contributed by atoms with Crippen molar-refractivity contribution >= 4 is 12.1 Å². The molecule has 1 heterocycles. The molecule has 1 N–H and O–H groups in total. The van der Waals surface area contributed by atoms with Crippen LogP contribution < -0.4 is 10.2 Å². The lowest BCUT2D eigenvalue weighted by molar-refractivity contribution is -0.122. The van der Waals surface area contributed by atoms with E-state index in [4.69, 9.17) is 4.74 Å². The highest BCUT2D eigenvalue weighted by Gasteiger charge is 2.12. The second kappa shape index (κ2) is 8.42. The van der Waals surface area contributed by atoms with Gasteiger partial charge in [0.25, 0.3) is 5.91 Å². The fraction of sp³-hybridized carbons (Fsp3) is 0.500. The van der Waals surface area contributed by atoms with Crippen LogP contribution >= 0.6 is 0 Å². The van der Waals surface area contributed by atoms with Crippen LogP contribution in [0.1, 0.15) is 31.7 Å². The summed E-state index contributed by atoms with van der Waals surface area (Å²) in [5.74, 6) is 0.780. The summed E-state index contributed by atoms with van der Waals surface area (Å²) in [5.41, 5.74) is 3.50. The van der Waals surface area contributed by atoms with E-state index in [-0.39, 0.29) is 5.91 Å². The van der Waals surface area contributed by atoms with E-state index in [1.807, 2.05) is 31.2 Å². The average Bonchev–Trinajstić information content (AvgIpc) is 2.50. The van der Waals surface area contributed by atoms with Crippen molar-refractivity contribution < 1.29 is 9.53 Å². The topological polar surface area (TPSA) is 53.9 Å². The van der Waals surface area contributed by atoms with Gasteiger partial charge in [0.1, 0.15) is 5.75 Å². The molecule has 114 valence electrons. The van der Waals surface area contributed by atoms with Crippen molar-refractivity contribution in [2.24, 2.45) is 5.10 Å². The van der Waals surface area contributed by atoms with Crippen LogP contribution in [0.5, 0.6) is 5.75 Å². The van der Waals surface area contributed by atoms with Gasteiger partial charge >= 0.3 is 0 Å². The summed E-state index contributed by atoms with van der Waals surface area (Å²) in [7, 11) is 0. The molecule has 1 amide bonds. The van der Waals surface area contributed by atoms with Crippen molar-refractivity contribution in [1.82, 2.24) is 10.3 Å². The predicted molar refractivity (Wildman–Crippen MR) is 83.6 cm³/mol. The summed E-state index contributed by atoms with van der Waals surface area (Å²) in [6.45, 7) is 5.06. The van der Waals surface area contributed by atoms with Crippen molar-refractivity contribution in [3.63, 3.8) is 0 Å². The molecule has 0 aromatic heterocycles. The number of ether oxygens (including phenoxy) is 1. The number of piperidine rings is 1. The number of nitrogens with one attached hydrogen (secondary N) is 1. The van der Waals surface area contributed by atoms with E-state index >= 15 is 0 Å². The second-order valence-electron chi connectivity index (χ2n) is 5.13. The van der Waals surface area contributed by atoms with E-state index in [0.29, 0.717) is 13.2 Å². The number of benzene rings is 1. The predicted octanol–water partition coefficient (Wildman–Crippen LogP) is 2.02. The average molecular weight is 289 g/mol. The highest BCUT2D eigenvalue weighted by Crippen LogP contribution is 2.10. The van der Waals surface area contributed by atoms with Crippen molar-refractivity contribution in [3.05, 3.63) is 29.8 Å². The minimum absolute atomic E-state index is 0.0564. The second-order valence-corrected chi connectivity index (χ2v) is 5.13. The third-order valence-electron chi connectivity index (χ3n) is 3.41. The number of hydrazone groups is 1. The van der Waals surface area contributed by atoms with Crippen LogP contribution in [0.3, 0.4) is 0 Å². The van der Waals surface area contributed by atoms with Crippen LogP contribution in [0.25, 0.3) is 0 Å². The number of likely N-dealkylation sites (tertiary alicyclic amines) is 1. The molecule has 5 nitrogen and oxygen atoms in total. The molecule has 0 bridgehead atoms. The van der Waals surface area contributed by atoms with E-state index < -0.39 is 0 Å². The van der Waals surface area contributed by atoms with Gasteiger partial charge in [-0.05, 0) is 62.7 Å². The number of amides is 1. The molecule has 0 spiro atoms. The van der Waals surface area contributed by atoms with Crippen LogP contribution in [0.4, 0.5) is 0 Å². The molecule has 0 unspecified atom stereocenters. The Kier molecular flexibility index (Phi) is 6.22. The fourth-order valence-electron chi connectivity index (χ4n) is 2.35. The van der Waals surface area contributed by atoms with Gasteiger partial charge in [-0.2, -0.15) is 5.10 Å². The highest BCUT2D eigenvalue weighted by molar-refractivity contribution is 5.83. The highest BCUT2D eigenvalue weighted by atomic mass is 16.5. The lowest BCUT2D eigenvalue weighted by atomic mass is 10.1. The van der Waals surface area contributed by atoms with E-state index in [2.05, 4.69) is 15.4 Å². The Morgan fingerprint density at radius 1 is 1.29 bits per heavy atom. The summed E-state index contributed by atoms with van der Waals surface area (Å²) in [6, 6.07) is 7.59. The standard InChI is InChI=1S/C16H23N3O2/c1-2-21-15-8-6-14(7-9-15)12-17-18-16(20)13-19-10-4-3-5-11-19/h6-9,12H,2-5,10-11,13H2,1H3,(H,18,20)/b17-12+. The zero-order chi connectivity index (χ0) is 14.9. The minimum Gasteiger partial charge on any atom is -0.494 e. The summed E-state index contributed by atoms with van der Waals surface area (Å²) in [5, 5.41) is 3.99. The van der Waals surface area contributed by atoms with Gasteiger partial charge in [-0.3, -0.25) is 9.69 Å². The Morgan fingerprint density at radius 2 is 2.00 bits per heavy atom. The molecule has 1 aliphatic heterocycles. The normalized spacial score (nSPS) is 16.0. The third-order valence-corrected chi connectivity index (χ3v) is 3.41. The molecule has 0 saturated carbocycles. The molecule has 2 rings (SSSR count). The first-order valence-electron chi connectivity index (χ1n) is 7.55. The van der Waals surface area contributed by atoms with E-state index in [0.717, 1.165) is 24.4 Å². The lowest BCUT2D eigenvalue weighted by Gasteiger charge is -2.25. The van der Waals surface area contributed by atoms with Crippen LogP contribution in [-0.4, -0.2) is 43.3 Å². The van der Waals surface area contributed by atoms with Crippen LogP contribution in [0, 0.1) is 0 Å². The number of hydrogen-bond donors (Lipinski definition) is 1. The molecule has 0 atom stereocenters. The SMILES string of the molecule is CCOc1ccc(/C=N/NC(=O)CN2CCCCC2)cc1. The van der Waals surface area contributed by atoms with Crippen molar-refractivity contribution in [2.75, 3.05) is 26.2 Å². The number of carbonyl (C=O) groups is 1. The Hall–Kier alpha value is -1.88. The molecular weight excluding hydrogens is 266 g/mol. The summed E-state index contributed by atoms with van der Waals surface area (Å²) in [4.78, 5) is 13.9. The van der Waals surface area contributed by atoms with Gasteiger partial charge in [0.15, 0.2) is 0 Å². The smallest absolute Gasteiger partial charge is 0.254 e. The maximum atomic E-state index is 11.8. The van der Waals surface area contributed by atoms with E-state index in [1.54, 1.807) is 6.21 Å². The van der Waals surface area contributed by atoms with Crippen LogP contribution in [0.2, 0.25) is 0 Å². The third kappa shape index (κ3) is 5.55. The summed E-state index contributed by atoms with van der Waals surface area (Å²) in [6.07, 6.45) is 5.28. The maximum Gasteiger partial charge on any atom is 0.254 e. The largest absolute Gasteiger partial charge is 0.494 e. The number of hydrogen-bond acceptors (Lipinski definition) is 4. The van der Waals surface area contributed by atoms with Crippen molar-refractivity contribution in [2.45, 2.75) is 26.2 Å². The van der Waals surface area contributed by atoms with E-state index in [9.17, 15) is 4.79 Å². The Balaban J connectivity index is 1.74.